The molecule has 2 N–H and O–H groups in total. The van der Waals surface area contributed by atoms with Gasteiger partial charge in [-0.1, -0.05) is 0 Å². The van der Waals surface area contributed by atoms with E-state index < -0.39 is 0 Å². The zero-order chi connectivity index (χ0) is 12.4. The Labute approximate surface area is 108 Å². The van der Waals surface area contributed by atoms with Gasteiger partial charge in [-0.2, -0.15) is 0 Å². The van der Waals surface area contributed by atoms with Gasteiger partial charge >= 0.3 is 0 Å². The summed E-state index contributed by atoms with van der Waals surface area (Å²) in [5, 5.41) is 7.00. The van der Waals surface area contributed by atoms with Gasteiger partial charge in [0.15, 0.2) is 0 Å². The Kier molecular flexibility index (Phi) is 3.43. The van der Waals surface area contributed by atoms with E-state index in [1.165, 1.54) is 30.6 Å². The Morgan fingerprint density at radius 2 is 2.39 bits per heavy atom. The molecule has 1 unspecified atom stereocenters. The molecule has 98 valence electrons. The summed E-state index contributed by atoms with van der Waals surface area (Å²) >= 11 is 0. The number of rotatable bonds is 2. The first-order valence-corrected chi connectivity index (χ1v) is 6.81. The maximum atomic E-state index is 4.43. The molecule has 5 heteroatoms. The van der Waals surface area contributed by atoms with Crippen LogP contribution in [0.1, 0.15) is 24.1 Å². The summed E-state index contributed by atoms with van der Waals surface area (Å²) in [4.78, 5) is 11.2. The molecule has 5 nitrogen and oxygen atoms in total. The van der Waals surface area contributed by atoms with Crippen LogP contribution in [0.25, 0.3) is 0 Å². The zero-order valence-electron chi connectivity index (χ0n) is 10.9. The number of aromatic nitrogens is 2. The summed E-state index contributed by atoms with van der Waals surface area (Å²) in [6, 6.07) is 0.518. The van der Waals surface area contributed by atoms with Gasteiger partial charge in [-0.05, 0) is 26.4 Å². The van der Waals surface area contributed by atoms with Crippen molar-refractivity contribution < 1.29 is 0 Å². The van der Waals surface area contributed by atoms with Crippen molar-refractivity contribution in [3.05, 3.63) is 17.6 Å². The molecule has 1 aromatic heterocycles. The summed E-state index contributed by atoms with van der Waals surface area (Å²) < 4.78 is 0. The predicted molar refractivity (Wildman–Crippen MR) is 71.6 cm³/mol. The molecule has 1 saturated heterocycles. The van der Waals surface area contributed by atoms with Gasteiger partial charge in [0.25, 0.3) is 0 Å². The average molecular weight is 247 g/mol. The van der Waals surface area contributed by atoms with E-state index in [4.69, 9.17) is 0 Å². The van der Waals surface area contributed by atoms with Crippen LogP contribution in [-0.2, 0) is 13.0 Å². The van der Waals surface area contributed by atoms with E-state index >= 15 is 0 Å². The number of hydrogen-bond donors (Lipinski definition) is 2. The SMILES string of the molecule is CN1CCCC(Nc2ncnc3c2CNCC3)C1. The number of hydrogen-bond acceptors (Lipinski definition) is 5. The molecule has 1 atom stereocenters. The lowest BCUT2D eigenvalue weighted by atomic mass is 10.0. The van der Waals surface area contributed by atoms with Crippen molar-refractivity contribution in [2.45, 2.75) is 31.8 Å². The summed E-state index contributed by atoms with van der Waals surface area (Å²) in [6.07, 6.45) is 5.20. The minimum atomic E-state index is 0.518. The largest absolute Gasteiger partial charge is 0.366 e. The fraction of sp³-hybridized carbons (Fsp3) is 0.692. The van der Waals surface area contributed by atoms with E-state index in [0.717, 1.165) is 31.9 Å². The van der Waals surface area contributed by atoms with Gasteiger partial charge in [0, 0.05) is 37.7 Å². The molecule has 1 aromatic rings. The van der Waals surface area contributed by atoms with Crippen LogP contribution in [0.15, 0.2) is 6.33 Å². The van der Waals surface area contributed by atoms with Gasteiger partial charge in [0.1, 0.15) is 12.1 Å². The summed E-state index contributed by atoms with van der Waals surface area (Å²) in [5.74, 6) is 1.03. The Balaban J connectivity index is 1.76. The van der Waals surface area contributed by atoms with Gasteiger partial charge in [-0.3, -0.25) is 0 Å². The van der Waals surface area contributed by atoms with Gasteiger partial charge in [-0.25, -0.2) is 9.97 Å². The lowest BCUT2D eigenvalue weighted by Gasteiger charge is -2.31. The lowest BCUT2D eigenvalue weighted by molar-refractivity contribution is 0.260. The third-order valence-corrected chi connectivity index (χ3v) is 3.84. The number of nitrogens with zero attached hydrogens (tertiary/aromatic N) is 3. The second kappa shape index (κ2) is 5.20. The lowest BCUT2D eigenvalue weighted by Crippen LogP contribution is -2.40. The summed E-state index contributed by atoms with van der Waals surface area (Å²) in [6.45, 7) is 4.23. The fourth-order valence-electron chi connectivity index (χ4n) is 2.87. The van der Waals surface area contributed by atoms with Crippen molar-refractivity contribution in [3.63, 3.8) is 0 Å². The maximum Gasteiger partial charge on any atom is 0.134 e. The summed E-state index contributed by atoms with van der Waals surface area (Å²) in [7, 11) is 2.19. The second-order valence-corrected chi connectivity index (χ2v) is 5.32. The van der Waals surface area contributed by atoms with Crippen LogP contribution in [-0.4, -0.2) is 47.6 Å². The minimum Gasteiger partial charge on any atom is -0.366 e. The molecule has 3 rings (SSSR count). The Morgan fingerprint density at radius 3 is 3.28 bits per heavy atom. The first kappa shape index (κ1) is 11.9. The fourth-order valence-corrected chi connectivity index (χ4v) is 2.87. The molecule has 18 heavy (non-hydrogen) atoms. The molecule has 1 fully saturated rings. The third kappa shape index (κ3) is 2.47. The topological polar surface area (TPSA) is 53.1 Å². The zero-order valence-corrected chi connectivity index (χ0v) is 10.9. The minimum absolute atomic E-state index is 0.518. The molecule has 0 amide bonds. The second-order valence-electron chi connectivity index (χ2n) is 5.32. The van der Waals surface area contributed by atoms with Crippen LogP contribution < -0.4 is 10.6 Å². The maximum absolute atomic E-state index is 4.43. The highest BCUT2D eigenvalue weighted by atomic mass is 15.2. The first-order chi connectivity index (χ1) is 8.83. The van der Waals surface area contributed by atoms with Crippen molar-refractivity contribution in [1.82, 2.24) is 20.2 Å². The van der Waals surface area contributed by atoms with Gasteiger partial charge < -0.3 is 15.5 Å². The number of nitrogens with one attached hydrogen (secondary N) is 2. The number of fused-ring (bicyclic) bond motifs is 1. The Bertz CT molecular complexity index is 420. The Morgan fingerprint density at radius 1 is 1.44 bits per heavy atom. The molecular formula is C13H21N5. The van der Waals surface area contributed by atoms with Crippen molar-refractivity contribution >= 4 is 5.82 Å². The number of likely N-dealkylation sites (N-methyl/N-ethyl adjacent to an activating group) is 1. The molecule has 0 aromatic carbocycles. The molecule has 2 aliphatic heterocycles. The number of likely N-dealkylation sites (tertiary alicyclic amines) is 1. The molecule has 3 heterocycles. The smallest absolute Gasteiger partial charge is 0.134 e. The van der Waals surface area contributed by atoms with E-state index in [1.54, 1.807) is 6.33 Å². The number of anilines is 1. The molecule has 2 aliphatic rings. The van der Waals surface area contributed by atoms with Crippen LogP contribution in [0, 0.1) is 0 Å². The van der Waals surface area contributed by atoms with E-state index in [2.05, 4.69) is 32.5 Å². The number of piperidine rings is 1. The Hall–Kier alpha value is -1.20. The molecule has 0 radical (unpaired) electrons. The van der Waals surface area contributed by atoms with Gasteiger partial charge in [-0.15, -0.1) is 0 Å². The van der Waals surface area contributed by atoms with Crippen LogP contribution in [0.4, 0.5) is 5.82 Å². The molecule has 0 saturated carbocycles. The van der Waals surface area contributed by atoms with Gasteiger partial charge in [0.2, 0.25) is 0 Å². The molecule has 0 aliphatic carbocycles. The highest BCUT2D eigenvalue weighted by Gasteiger charge is 2.20. The normalized spacial score (nSPS) is 24.6. The molecule has 0 bridgehead atoms. The molecular weight excluding hydrogens is 226 g/mol. The monoisotopic (exact) mass is 247 g/mol. The average Bonchev–Trinajstić information content (AvgIpc) is 2.39. The van der Waals surface area contributed by atoms with Crippen LogP contribution in [0.3, 0.4) is 0 Å². The van der Waals surface area contributed by atoms with Crippen molar-refractivity contribution in [2.24, 2.45) is 0 Å². The first-order valence-electron chi connectivity index (χ1n) is 6.81. The van der Waals surface area contributed by atoms with E-state index in [0.29, 0.717) is 6.04 Å². The molecule has 0 spiro atoms. The van der Waals surface area contributed by atoms with E-state index in [-0.39, 0.29) is 0 Å². The van der Waals surface area contributed by atoms with Crippen LogP contribution in [0.2, 0.25) is 0 Å². The highest BCUT2D eigenvalue weighted by Crippen LogP contribution is 2.21. The third-order valence-electron chi connectivity index (χ3n) is 3.84. The van der Waals surface area contributed by atoms with Crippen molar-refractivity contribution in [3.8, 4) is 0 Å². The van der Waals surface area contributed by atoms with Crippen molar-refractivity contribution in [1.29, 1.82) is 0 Å². The standard InChI is InChI=1S/C13H21N5/c1-18-6-2-3-10(8-18)17-13-11-7-14-5-4-12(11)15-9-16-13/h9-10,14H,2-8H2,1H3,(H,15,16,17). The highest BCUT2D eigenvalue weighted by molar-refractivity contribution is 5.47. The van der Waals surface area contributed by atoms with E-state index in [9.17, 15) is 0 Å². The quantitative estimate of drug-likeness (QED) is 0.803. The van der Waals surface area contributed by atoms with Crippen LogP contribution >= 0.6 is 0 Å². The van der Waals surface area contributed by atoms with Crippen LogP contribution in [0.5, 0.6) is 0 Å². The van der Waals surface area contributed by atoms with E-state index in [1.807, 2.05) is 0 Å². The summed E-state index contributed by atoms with van der Waals surface area (Å²) in [5.41, 5.74) is 2.47. The van der Waals surface area contributed by atoms with Crippen molar-refractivity contribution in [2.75, 3.05) is 32.0 Å². The van der Waals surface area contributed by atoms with Gasteiger partial charge in [0.05, 0.1) is 5.69 Å². The predicted octanol–water partition coefficient (Wildman–Crippen LogP) is 0.628.